The molecule has 14 rings (SSSR count). The summed E-state index contributed by atoms with van der Waals surface area (Å²) < 4.78 is 0. The van der Waals surface area contributed by atoms with Gasteiger partial charge >= 0.3 is 0 Å². The Morgan fingerprint density at radius 2 is 0.646 bits per heavy atom. The van der Waals surface area contributed by atoms with Crippen LogP contribution in [0, 0.1) is 47.3 Å². The molecule has 3 radical (unpaired) electrons. The first kappa shape index (κ1) is 61.2. The van der Waals surface area contributed by atoms with Gasteiger partial charge in [0.25, 0.3) is 0 Å². The summed E-state index contributed by atoms with van der Waals surface area (Å²) >= 11 is 0. The zero-order valence-electron chi connectivity index (χ0n) is 51.3. The molecule has 8 atom stereocenters. The van der Waals surface area contributed by atoms with E-state index >= 15 is 0 Å². The molecule has 82 heavy (non-hydrogen) atoms. The van der Waals surface area contributed by atoms with Crippen LogP contribution in [-0.4, -0.2) is 86.6 Å². The molecule has 5 saturated heterocycles. The van der Waals surface area contributed by atoms with Crippen molar-refractivity contribution < 1.29 is 21.1 Å². The molecule has 447 valence electrons. The van der Waals surface area contributed by atoms with Crippen LogP contribution in [0.25, 0.3) is 44.4 Å². The van der Waals surface area contributed by atoms with Gasteiger partial charge in [0, 0.05) is 71.6 Å². The molecule has 3 aromatic rings. The molecule has 14 heteroatoms. The number of allylic oxidation sites excluding steroid dienone is 4. The van der Waals surface area contributed by atoms with Gasteiger partial charge in [-0.2, -0.15) is 0 Å². The Hall–Kier alpha value is -2.50. The maximum Gasteiger partial charge on any atom is 0.0726 e. The van der Waals surface area contributed by atoms with Gasteiger partial charge in [-0.15, -0.1) is 0 Å². The summed E-state index contributed by atoms with van der Waals surface area (Å²) in [7, 11) is 0. The minimum Gasteiger partial charge on any atom is -0.355 e. The molecule has 11 aliphatic rings. The van der Waals surface area contributed by atoms with Crippen LogP contribution < -0.4 is 42.5 Å². The topological polar surface area (TPSA) is 154 Å². The molecule has 4 saturated carbocycles. The SMILES string of the molecule is C1CCC2C3NC(NC4NC(NC5NC(NC6NC(N3)C3CCCCC63)C3CCCCC53)C3CCCCC43)C2C1.CCC1=C(CC)c2nc1cc1ccc(cc3[nH]c(c(CC)c4nc(c2CC)C(CC)=C4CC)c(CC)c3CC)[nH]1.[Al].[Pt]. The molecule has 7 aliphatic heterocycles. The van der Waals surface area contributed by atoms with Crippen LogP contribution in [0.4, 0.5) is 0 Å². The first-order valence-corrected chi connectivity index (χ1v) is 33.6. The molecule has 8 unspecified atom stereocenters. The third-order valence-electron chi connectivity index (χ3n) is 22.7. The van der Waals surface area contributed by atoms with E-state index in [1.165, 1.54) is 170 Å². The molecule has 16 bridgehead atoms. The Balaban J connectivity index is 0.000000168. The van der Waals surface area contributed by atoms with Crippen molar-refractivity contribution in [3.63, 3.8) is 0 Å². The first-order valence-electron chi connectivity index (χ1n) is 33.6. The monoisotopic (exact) mass is 1310 g/mol. The standard InChI is InChI=1S/C36H46N4.C32H56N8.Al.Pt/c1-9-23-25(11-3)33-29(15-7)35-27(13-5)28(14-6)36(40-35)30(16-8)34-26(12-4)24(10-2)32(39-34)20-22-18-17-21(37-22)19-31(23)38-33;1-2-10-18-17(9-1)25-33-26(18)38-28-21-13-5-6-14-22(21)30(35-28)40-32-24-16-8-7-15-23(24)31(36-32)39-29-20-12-4-3-11-19(20)27(34-29)37-25;;/h17-20,37-38H,9-16H2,1-8H3;17-40H,1-16H2;;. The van der Waals surface area contributed by atoms with Gasteiger partial charge in [0.1, 0.15) is 0 Å². The van der Waals surface area contributed by atoms with Crippen molar-refractivity contribution in [2.45, 2.75) is 259 Å². The number of nitrogens with zero attached hydrogens (tertiary/aromatic N) is 2. The van der Waals surface area contributed by atoms with Gasteiger partial charge in [-0.3, -0.25) is 42.5 Å². The van der Waals surface area contributed by atoms with Crippen LogP contribution in [0.15, 0.2) is 24.3 Å². The summed E-state index contributed by atoms with van der Waals surface area (Å²) in [4.78, 5) is 18.5. The zero-order chi connectivity index (χ0) is 54.8. The van der Waals surface area contributed by atoms with Crippen molar-refractivity contribution in [1.82, 2.24) is 62.5 Å². The number of nitrogens with one attached hydrogen (secondary N) is 10. The molecular weight excluding hydrogens is 1210 g/mol. The van der Waals surface area contributed by atoms with Gasteiger partial charge < -0.3 is 9.97 Å². The maximum atomic E-state index is 5.57. The van der Waals surface area contributed by atoms with Gasteiger partial charge in [-0.1, -0.05) is 107 Å². The first-order chi connectivity index (χ1) is 39.3. The van der Waals surface area contributed by atoms with E-state index in [2.05, 4.69) is 132 Å². The van der Waals surface area contributed by atoms with Gasteiger partial charge in [-0.05, 0) is 208 Å². The number of aryl methyl sites for hydroxylation is 3. The van der Waals surface area contributed by atoms with Crippen LogP contribution in [0.1, 0.15) is 229 Å². The molecule has 12 nitrogen and oxygen atoms in total. The van der Waals surface area contributed by atoms with Gasteiger partial charge in [0.05, 0.1) is 72.1 Å². The number of H-pyrrole nitrogens is 2. The number of rotatable bonds is 8. The number of fused-ring (bicyclic) bond motifs is 28. The van der Waals surface area contributed by atoms with E-state index in [1.807, 2.05) is 0 Å². The molecule has 4 aliphatic carbocycles. The summed E-state index contributed by atoms with van der Waals surface area (Å²) in [6.07, 6.45) is 33.3. The summed E-state index contributed by atoms with van der Waals surface area (Å²) in [5.74, 6) is 5.97. The molecule has 10 N–H and O–H groups in total. The molecular formula is C68H102AlN12Pt. The van der Waals surface area contributed by atoms with Crippen LogP contribution in [-0.2, 0) is 46.7 Å². The fourth-order valence-electron chi connectivity index (χ4n) is 19.0. The van der Waals surface area contributed by atoms with E-state index in [9.17, 15) is 0 Å². The Morgan fingerprint density at radius 3 is 0.976 bits per heavy atom. The third-order valence-corrected chi connectivity index (χ3v) is 22.7. The van der Waals surface area contributed by atoms with Crippen molar-refractivity contribution in [2.24, 2.45) is 47.3 Å². The van der Waals surface area contributed by atoms with Gasteiger partial charge in [0.2, 0.25) is 0 Å². The zero-order valence-corrected chi connectivity index (χ0v) is 54.7. The Labute approximate surface area is 517 Å². The molecule has 3 aromatic heterocycles. The van der Waals surface area contributed by atoms with Crippen molar-refractivity contribution in [1.29, 1.82) is 0 Å². The third kappa shape index (κ3) is 11.1. The van der Waals surface area contributed by atoms with Crippen molar-refractivity contribution in [3.05, 3.63) is 69.3 Å². The molecule has 10 heterocycles. The second-order valence-corrected chi connectivity index (χ2v) is 26.5. The summed E-state index contributed by atoms with van der Waals surface area (Å²) in [5.41, 5.74) is 20.3. The van der Waals surface area contributed by atoms with Crippen molar-refractivity contribution >= 4 is 61.7 Å². The van der Waals surface area contributed by atoms with Crippen LogP contribution >= 0.6 is 0 Å². The Morgan fingerprint density at radius 1 is 0.341 bits per heavy atom. The van der Waals surface area contributed by atoms with Crippen LogP contribution in [0.3, 0.4) is 0 Å². The number of aromatic amines is 2. The van der Waals surface area contributed by atoms with Gasteiger partial charge in [-0.25, -0.2) is 9.97 Å². The van der Waals surface area contributed by atoms with E-state index in [0.717, 1.165) is 121 Å². The Kier molecular flexibility index (Phi) is 19.7. The number of aromatic nitrogens is 4. The van der Waals surface area contributed by atoms with E-state index in [4.69, 9.17) is 9.97 Å². The fraction of sp³-hybridized carbons (Fsp3) is 0.706. The quantitative estimate of drug-likeness (QED) is 0.0987. The summed E-state index contributed by atoms with van der Waals surface area (Å²) in [5, 5.41) is 33.8. The van der Waals surface area contributed by atoms with Gasteiger partial charge in [0.15, 0.2) is 0 Å². The predicted octanol–water partition coefficient (Wildman–Crippen LogP) is 12.2. The average molecular weight is 1310 g/mol. The molecule has 0 spiro atoms. The van der Waals surface area contributed by atoms with Crippen LogP contribution in [0.5, 0.6) is 0 Å². The fourth-order valence-corrected chi connectivity index (χ4v) is 19.0. The van der Waals surface area contributed by atoms with E-state index in [0.29, 0.717) is 49.3 Å². The second-order valence-electron chi connectivity index (χ2n) is 26.5. The smallest absolute Gasteiger partial charge is 0.0726 e. The Bertz CT molecular complexity index is 2770. The maximum absolute atomic E-state index is 5.57. The normalized spacial score (nSPS) is 34.7. The largest absolute Gasteiger partial charge is 0.355 e. The van der Waals surface area contributed by atoms with Crippen molar-refractivity contribution in [3.8, 4) is 0 Å². The summed E-state index contributed by atoms with van der Waals surface area (Å²) in [6.45, 7) is 18.2. The second kappa shape index (κ2) is 26.5. The van der Waals surface area contributed by atoms with E-state index < -0.39 is 0 Å². The predicted molar refractivity (Wildman–Crippen MR) is 336 cm³/mol. The average Bonchev–Trinajstić information content (AvgIpc) is 4.53. The minimum atomic E-state index is 0. The number of hydrogen-bond acceptors (Lipinski definition) is 10. The summed E-state index contributed by atoms with van der Waals surface area (Å²) in [6, 6.07) is 8.89. The molecule has 0 aromatic carbocycles. The van der Waals surface area contributed by atoms with Crippen molar-refractivity contribution in [2.75, 3.05) is 0 Å². The number of hydrogen-bond donors (Lipinski definition) is 10. The minimum absolute atomic E-state index is 0. The van der Waals surface area contributed by atoms with E-state index in [-0.39, 0.29) is 38.4 Å². The van der Waals surface area contributed by atoms with Crippen LogP contribution in [0.2, 0.25) is 0 Å². The molecule has 9 fully saturated rings. The van der Waals surface area contributed by atoms with E-state index in [1.54, 1.807) is 0 Å². The molecule has 0 amide bonds.